The van der Waals surface area contributed by atoms with Crippen LogP contribution in [0.15, 0.2) is 64.3 Å². The Morgan fingerprint density at radius 1 is 1.09 bits per heavy atom. The van der Waals surface area contributed by atoms with E-state index in [2.05, 4.69) is 6.92 Å². The number of amides is 1. The number of fused-ring (bicyclic) bond motifs is 1. The van der Waals surface area contributed by atoms with Crippen molar-refractivity contribution in [3.05, 3.63) is 71.2 Å². The zero-order valence-electron chi connectivity index (χ0n) is 19.0. The molecule has 3 aromatic rings. The first kappa shape index (κ1) is 22.5. The minimum atomic E-state index is -0.743. The number of ketones is 1. The van der Waals surface area contributed by atoms with Crippen molar-refractivity contribution < 1.29 is 28.6 Å². The van der Waals surface area contributed by atoms with E-state index in [4.69, 9.17) is 13.9 Å². The van der Waals surface area contributed by atoms with E-state index in [1.165, 1.54) is 7.11 Å². The summed E-state index contributed by atoms with van der Waals surface area (Å²) in [5.74, 6) is -0.511. The summed E-state index contributed by atoms with van der Waals surface area (Å²) in [6.45, 7) is 2.50. The fraction of sp³-hybridized carbons (Fsp3) is 0.308. The van der Waals surface area contributed by atoms with Gasteiger partial charge in [-0.25, -0.2) is 0 Å². The van der Waals surface area contributed by atoms with Gasteiger partial charge in [-0.15, -0.1) is 0 Å². The number of para-hydroxylation sites is 1. The molecule has 0 saturated heterocycles. The normalized spacial score (nSPS) is 16.0. The van der Waals surface area contributed by atoms with Crippen LogP contribution in [0.2, 0.25) is 0 Å². The molecule has 1 aromatic heterocycles. The number of benzene rings is 2. The van der Waals surface area contributed by atoms with E-state index in [1.807, 2.05) is 12.1 Å². The number of carbonyl (C=O) groups is 2. The lowest BCUT2D eigenvalue weighted by molar-refractivity contribution is -0.129. The molecule has 1 N–H and O–H groups in total. The number of hydrogen-bond acceptors (Lipinski definition) is 6. The van der Waals surface area contributed by atoms with Crippen molar-refractivity contribution in [2.75, 3.05) is 20.8 Å². The van der Waals surface area contributed by atoms with Gasteiger partial charge in [-0.2, -0.15) is 0 Å². The highest BCUT2D eigenvalue weighted by Gasteiger charge is 2.44. The maximum atomic E-state index is 13.6. The van der Waals surface area contributed by atoms with Crippen molar-refractivity contribution >= 4 is 22.7 Å². The van der Waals surface area contributed by atoms with Crippen LogP contribution in [-0.2, 0) is 4.79 Å². The van der Waals surface area contributed by atoms with Gasteiger partial charge in [0.25, 0.3) is 5.91 Å². The summed E-state index contributed by atoms with van der Waals surface area (Å²) < 4.78 is 16.5. The third-order valence-corrected chi connectivity index (χ3v) is 5.91. The number of hydrogen-bond donors (Lipinski definition) is 1. The van der Waals surface area contributed by atoms with E-state index < -0.39 is 23.5 Å². The molecule has 0 fully saturated rings. The highest BCUT2D eigenvalue weighted by Crippen LogP contribution is 2.41. The lowest BCUT2D eigenvalue weighted by Gasteiger charge is -2.27. The predicted molar refractivity (Wildman–Crippen MR) is 124 cm³/mol. The van der Waals surface area contributed by atoms with Crippen molar-refractivity contribution in [1.82, 2.24) is 4.90 Å². The molecule has 0 bridgehead atoms. The van der Waals surface area contributed by atoms with Gasteiger partial charge < -0.3 is 23.9 Å². The topological polar surface area (TPSA) is 89.2 Å². The Hall–Kier alpha value is -3.74. The van der Waals surface area contributed by atoms with Gasteiger partial charge in [0.05, 0.1) is 25.8 Å². The van der Waals surface area contributed by atoms with Gasteiger partial charge in [-0.1, -0.05) is 44.0 Å². The molecule has 2 heterocycles. The van der Waals surface area contributed by atoms with Crippen LogP contribution < -0.4 is 9.47 Å². The molecular formula is C26H27NO6. The van der Waals surface area contributed by atoms with E-state index >= 15 is 0 Å². The van der Waals surface area contributed by atoms with Crippen LogP contribution in [0, 0.1) is 0 Å². The lowest BCUT2D eigenvalue weighted by Crippen LogP contribution is -2.32. The quantitative estimate of drug-likeness (QED) is 0.356. The molecule has 7 heteroatoms. The molecule has 0 spiro atoms. The Morgan fingerprint density at radius 3 is 2.61 bits per heavy atom. The number of aliphatic hydroxyl groups is 1. The average Bonchev–Trinajstić information content (AvgIpc) is 3.38. The zero-order chi connectivity index (χ0) is 23.5. The van der Waals surface area contributed by atoms with Crippen LogP contribution in [0.5, 0.6) is 11.5 Å². The standard InChI is InChI=1S/C26H27NO6/c1-4-5-6-13-27-22(16-9-7-11-18(14-16)31-2)21(24(29)26(27)30)23(28)20-15-17-10-8-12-19(32-3)25(17)33-20/h7-12,14-15,22,29H,4-6,13H2,1-3H3. The second-order valence-corrected chi connectivity index (χ2v) is 7.97. The number of ether oxygens (including phenoxy) is 2. The minimum Gasteiger partial charge on any atom is -0.503 e. The molecule has 2 aromatic carbocycles. The third kappa shape index (κ3) is 4.06. The van der Waals surface area contributed by atoms with Gasteiger partial charge in [-0.05, 0) is 36.2 Å². The number of Topliss-reactive ketones (excluding diaryl/α,β-unsaturated/α-hetero) is 1. The van der Waals surface area contributed by atoms with E-state index in [1.54, 1.807) is 48.4 Å². The van der Waals surface area contributed by atoms with Crippen molar-refractivity contribution in [1.29, 1.82) is 0 Å². The first-order valence-electron chi connectivity index (χ1n) is 11.0. The van der Waals surface area contributed by atoms with Gasteiger partial charge in [0, 0.05) is 11.9 Å². The van der Waals surface area contributed by atoms with E-state index in [0.29, 0.717) is 34.6 Å². The van der Waals surface area contributed by atoms with Gasteiger partial charge in [0.15, 0.2) is 22.9 Å². The molecule has 33 heavy (non-hydrogen) atoms. The molecule has 172 valence electrons. The number of unbranched alkanes of at least 4 members (excludes halogenated alkanes) is 2. The Bertz CT molecular complexity index is 1220. The van der Waals surface area contributed by atoms with Gasteiger partial charge in [0.2, 0.25) is 5.78 Å². The second kappa shape index (κ2) is 9.40. The largest absolute Gasteiger partial charge is 0.503 e. The molecule has 0 saturated carbocycles. The highest BCUT2D eigenvalue weighted by atomic mass is 16.5. The summed E-state index contributed by atoms with van der Waals surface area (Å²) in [7, 11) is 3.08. The van der Waals surface area contributed by atoms with Crippen LogP contribution in [-0.4, -0.2) is 42.5 Å². The van der Waals surface area contributed by atoms with Crippen LogP contribution in [0.3, 0.4) is 0 Å². The molecule has 0 aliphatic carbocycles. The molecule has 1 aliphatic rings. The van der Waals surface area contributed by atoms with E-state index in [0.717, 1.165) is 19.3 Å². The Balaban J connectivity index is 1.79. The fourth-order valence-corrected chi connectivity index (χ4v) is 4.25. The van der Waals surface area contributed by atoms with Crippen LogP contribution in [0.1, 0.15) is 48.3 Å². The predicted octanol–water partition coefficient (Wildman–Crippen LogP) is 5.22. The molecule has 1 atom stereocenters. The van der Waals surface area contributed by atoms with Crippen LogP contribution in [0.25, 0.3) is 11.0 Å². The first-order chi connectivity index (χ1) is 16.0. The van der Waals surface area contributed by atoms with Gasteiger partial charge in [0.1, 0.15) is 5.75 Å². The Morgan fingerprint density at radius 2 is 1.88 bits per heavy atom. The van der Waals surface area contributed by atoms with E-state index in [9.17, 15) is 14.7 Å². The third-order valence-electron chi connectivity index (χ3n) is 5.91. The number of furan rings is 1. The van der Waals surface area contributed by atoms with Gasteiger partial charge in [-0.3, -0.25) is 9.59 Å². The molecule has 0 radical (unpaired) electrons. The van der Waals surface area contributed by atoms with E-state index in [-0.39, 0.29) is 11.3 Å². The second-order valence-electron chi connectivity index (χ2n) is 7.97. The SMILES string of the molecule is CCCCCN1C(=O)C(O)=C(C(=O)c2cc3cccc(OC)c3o2)C1c1cccc(OC)c1. The smallest absolute Gasteiger partial charge is 0.290 e. The minimum absolute atomic E-state index is 0.00257. The van der Waals surface area contributed by atoms with Crippen molar-refractivity contribution in [2.24, 2.45) is 0 Å². The molecule has 7 nitrogen and oxygen atoms in total. The lowest BCUT2D eigenvalue weighted by atomic mass is 9.94. The van der Waals surface area contributed by atoms with Gasteiger partial charge >= 0.3 is 0 Å². The molecule has 4 rings (SSSR count). The van der Waals surface area contributed by atoms with Crippen molar-refractivity contribution in [3.63, 3.8) is 0 Å². The molecule has 1 unspecified atom stereocenters. The Labute approximate surface area is 192 Å². The zero-order valence-corrected chi connectivity index (χ0v) is 19.0. The number of methoxy groups -OCH3 is 2. The molecular weight excluding hydrogens is 422 g/mol. The monoisotopic (exact) mass is 449 g/mol. The summed E-state index contributed by atoms with van der Waals surface area (Å²) in [6, 6.07) is 13.4. The first-order valence-corrected chi connectivity index (χ1v) is 11.0. The van der Waals surface area contributed by atoms with Crippen molar-refractivity contribution in [3.8, 4) is 11.5 Å². The summed E-state index contributed by atoms with van der Waals surface area (Å²) >= 11 is 0. The summed E-state index contributed by atoms with van der Waals surface area (Å²) in [6.07, 6.45) is 2.68. The number of rotatable bonds is 9. The maximum Gasteiger partial charge on any atom is 0.290 e. The highest BCUT2D eigenvalue weighted by molar-refractivity contribution is 6.16. The molecule has 1 amide bonds. The molecule has 1 aliphatic heterocycles. The fourth-order valence-electron chi connectivity index (χ4n) is 4.25. The maximum absolute atomic E-state index is 13.6. The number of nitrogens with zero attached hydrogens (tertiary/aromatic N) is 1. The van der Waals surface area contributed by atoms with Crippen LogP contribution in [0.4, 0.5) is 0 Å². The van der Waals surface area contributed by atoms with Crippen molar-refractivity contribution in [2.45, 2.75) is 32.2 Å². The Kier molecular flexibility index (Phi) is 6.40. The average molecular weight is 450 g/mol. The summed E-state index contributed by atoms with van der Waals surface area (Å²) in [5.41, 5.74) is 1.12. The number of aliphatic hydroxyl groups excluding tert-OH is 1. The number of carbonyl (C=O) groups excluding carboxylic acids is 2. The summed E-state index contributed by atoms with van der Waals surface area (Å²) in [4.78, 5) is 28.2. The van der Waals surface area contributed by atoms with Crippen LogP contribution >= 0.6 is 0 Å². The summed E-state index contributed by atoms with van der Waals surface area (Å²) in [5, 5.41) is 11.5.